The third kappa shape index (κ3) is 50.4. The number of aromatic hydroxyl groups is 1. The standard InChI is InChI=1S/C70H127N35O17/c71-25-3-1-11-43(99-57(115)42(14-6-28-88-66(77)78)97-53(110)36-95-55(113)40(73)33-38-19-21-39(106)22-20-38)58(116)100-44(12-2-4-26-72)59(117)101-46(16-8-30-90-68(81)82)61(119)103-48(18-10-32-92-70(85)86)63(121)105-49(23-24-50(74)107)64(122)104-47(17-9-31-91-69(83)84)62(120)102-45(15-7-29-89-67(79)80)60(118)98-41(13-5-27-87-65(75)76)56(114)96-35-52(109)93-34-51(108)94-37-54(111)112/h19-22,40-49,106H,1-18,23-37,71-73H2,(H2,74,107)(H,93,109)(H,94,108)(H,95,113)(H,96,114)(H,97,110)(H,98,118)(H,99,115)(H,100,116)(H,101,117)(H,102,120)(H,103,119)(H,104,122)(H,105,121)(H,111,112)(H4,75,76,87)(H4,77,78,88)(H4,79,80,89)(H4,81,82,90)(H4,83,84,91)(H4,85,86,92)/t40-,41-,42-,43-,44-,45-,46-,47-,48-,49-/m0/s1. The number of nitrogens with two attached hydrogens (primary N) is 10. The van der Waals surface area contributed by atoms with Crippen LogP contribution in [0.1, 0.15) is 134 Å². The molecule has 0 aliphatic heterocycles. The molecule has 0 radical (unpaired) electrons. The first-order valence-corrected chi connectivity index (χ1v) is 39.5. The van der Waals surface area contributed by atoms with Gasteiger partial charge in [-0.3, -0.25) is 104 Å². The summed E-state index contributed by atoms with van der Waals surface area (Å²) in [5, 5.41) is 112. The molecule has 1 aromatic rings. The van der Waals surface area contributed by atoms with Crippen LogP contribution >= 0.6 is 0 Å². The van der Waals surface area contributed by atoms with E-state index in [4.69, 9.17) is 94.9 Å². The van der Waals surface area contributed by atoms with Gasteiger partial charge in [0.15, 0.2) is 35.8 Å². The molecule has 14 amide bonds. The number of carbonyl (C=O) groups is 15. The fraction of sp³-hybridized carbons (Fsp3) is 0.614. The Morgan fingerprint density at radius 1 is 0.295 bits per heavy atom. The fourth-order valence-corrected chi connectivity index (χ4v) is 11.3. The van der Waals surface area contributed by atoms with E-state index < -0.39 is 218 Å². The van der Waals surface area contributed by atoms with E-state index in [1.54, 1.807) is 12.1 Å². The number of aliphatic carboxylic acids is 1. The van der Waals surface area contributed by atoms with Crippen LogP contribution in [0.25, 0.3) is 0 Å². The van der Waals surface area contributed by atoms with E-state index in [9.17, 15) is 77.0 Å². The van der Waals surface area contributed by atoms with Crippen LogP contribution in [-0.4, -0.2) is 274 Å². The molecule has 0 saturated heterocycles. The number of phenolic OH excluding ortho intramolecular Hbond substituents is 1. The molecule has 0 heterocycles. The first-order valence-electron chi connectivity index (χ1n) is 39.5. The van der Waals surface area contributed by atoms with E-state index in [1.807, 2.05) is 5.32 Å². The molecule has 47 N–H and O–H groups in total. The molecule has 10 atom stereocenters. The van der Waals surface area contributed by atoms with Gasteiger partial charge in [0.2, 0.25) is 82.7 Å². The van der Waals surface area contributed by atoms with Crippen molar-refractivity contribution in [1.82, 2.24) is 101 Å². The molecule has 1 aromatic carbocycles. The minimum Gasteiger partial charge on any atom is -0.508 e. The molecule has 0 fully saturated rings. The highest BCUT2D eigenvalue weighted by Crippen LogP contribution is 2.14. The Labute approximate surface area is 704 Å². The van der Waals surface area contributed by atoms with Crippen molar-refractivity contribution < 1.29 is 82.1 Å². The Balaban J connectivity index is 3.94. The quantitative estimate of drug-likeness (QED) is 0.0164. The van der Waals surface area contributed by atoms with Crippen molar-refractivity contribution in [2.75, 3.05) is 78.5 Å². The number of guanidine groups is 6. The lowest BCUT2D eigenvalue weighted by Gasteiger charge is -2.28. The van der Waals surface area contributed by atoms with E-state index in [0.29, 0.717) is 18.4 Å². The summed E-state index contributed by atoms with van der Waals surface area (Å²) < 4.78 is 0. The number of unbranched alkanes of at least 4 members (excludes halogenated alkanes) is 2. The number of primary amides is 1. The van der Waals surface area contributed by atoms with E-state index >= 15 is 0 Å². The van der Waals surface area contributed by atoms with Crippen molar-refractivity contribution in [3.63, 3.8) is 0 Å². The molecule has 684 valence electrons. The zero-order valence-electron chi connectivity index (χ0n) is 68.2. The summed E-state index contributed by atoms with van der Waals surface area (Å²) in [5.41, 5.74) is 57.0. The zero-order valence-corrected chi connectivity index (χ0v) is 68.2. The molecule has 0 saturated carbocycles. The third-order valence-corrected chi connectivity index (χ3v) is 17.7. The van der Waals surface area contributed by atoms with Crippen molar-refractivity contribution in [2.45, 2.75) is 195 Å². The lowest BCUT2D eigenvalue weighted by atomic mass is 10.0. The van der Waals surface area contributed by atoms with Crippen LogP contribution in [0.4, 0.5) is 0 Å². The summed E-state index contributed by atoms with van der Waals surface area (Å²) in [5.74, 6) is -17.5. The second-order valence-electron chi connectivity index (χ2n) is 27.9. The lowest BCUT2D eigenvalue weighted by molar-refractivity contribution is -0.138. The van der Waals surface area contributed by atoms with Gasteiger partial charge < -0.3 is 169 Å². The number of nitrogens with one attached hydrogen (secondary N) is 25. The molecule has 52 heteroatoms. The average molecular weight is 1730 g/mol. The van der Waals surface area contributed by atoms with Crippen molar-refractivity contribution in [3.05, 3.63) is 29.8 Å². The maximum absolute atomic E-state index is 14.9. The van der Waals surface area contributed by atoms with Crippen LogP contribution < -0.4 is 158 Å². The number of benzene rings is 1. The summed E-state index contributed by atoms with van der Waals surface area (Å²) in [6.07, 6.45) is -1.61. The monoisotopic (exact) mass is 1730 g/mol. The van der Waals surface area contributed by atoms with Gasteiger partial charge in [-0.05, 0) is 159 Å². The predicted molar refractivity (Wildman–Crippen MR) is 446 cm³/mol. The Morgan fingerprint density at radius 3 is 0.820 bits per heavy atom. The Kier molecular flexibility index (Phi) is 53.3. The maximum Gasteiger partial charge on any atom is 0.322 e. The molecule has 52 nitrogen and oxygen atoms in total. The van der Waals surface area contributed by atoms with E-state index in [1.165, 1.54) is 12.1 Å². The van der Waals surface area contributed by atoms with Crippen LogP contribution in [0, 0.1) is 32.5 Å². The maximum atomic E-state index is 14.9. The molecule has 0 aliphatic rings. The minimum absolute atomic E-state index is 0.000475. The largest absolute Gasteiger partial charge is 0.508 e. The fourth-order valence-electron chi connectivity index (χ4n) is 11.3. The molecular formula is C70H127N35O17. The van der Waals surface area contributed by atoms with Crippen LogP contribution in [0.5, 0.6) is 5.75 Å². The minimum atomic E-state index is -1.80. The second-order valence-corrected chi connectivity index (χ2v) is 27.9. The summed E-state index contributed by atoms with van der Waals surface area (Å²) in [6, 6.07) is -9.37. The summed E-state index contributed by atoms with van der Waals surface area (Å²) in [4.78, 5) is 206. The number of carbonyl (C=O) groups excluding carboxylic acids is 14. The normalized spacial score (nSPS) is 13.1. The molecule has 0 aliphatic carbocycles. The highest BCUT2D eigenvalue weighted by molar-refractivity contribution is 6.00. The highest BCUT2D eigenvalue weighted by atomic mass is 16.4. The molecule has 1 rings (SSSR count). The van der Waals surface area contributed by atoms with Gasteiger partial charge in [-0.1, -0.05) is 12.1 Å². The lowest BCUT2D eigenvalue weighted by Crippen LogP contribution is -2.60. The smallest absolute Gasteiger partial charge is 0.322 e. The topological polar surface area (TPSA) is 928 Å². The number of hydrogen-bond donors (Lipinski definition) is 37. The van der Waals surface area contributed by atoms with Crippen LogP contribution in [0.3, 0.4) is 0 Å². The first kappa shape index (κ1) is 107. The van der Waals surface area contributed by atoms with Crippen LogP contribution in [0.15, 0.2) is 24.3 Å². The van der Waals surface area contributed by atoms with Crippen molar-refractivity contribution in [3.8, 4) is 5.75 Å². The van der Waals surface area contributed by atoms with Gasteiger partial charge in [-0.15, -0.1) is 0 Å². The van der Waals surface area contributed by atoms with Gasteiger partial charge in [0.1, 0.15) is 66.7 Å². The van der Waals surface area contributed by atoms with Gasteiger partial charge in [0, 0.05) is 45.7 Å². The van der Waals surface area contributed by atoms with Gasteiger partial charge in [0.05, 0.1) is 25.7 Å². The number of phenols is 1. The molecule has 0 bridgehead atoms. The molecular weight excluding hydrogens is 1600 g/mol. The van der Waals surface area contributed by atoms with E-state index in [2.05, 4.69) is 95.7 Å². The highest BCUT2D eigenvalue weighted by Gasteiger charge is 2.36. The van der Waals surface area contributed by atoms with E-state index in [0.717, 1.165) is 0 Å². The van der Waals surface area contributed by atoms with Crippen molar-refractivity contribution in [1.29, 1.82) is 32.5 Å². The van der Waals surface area contributed by atoms with E-state index in [-0.39, 0.29) is 173 Å². The molecule has 0 unspecified atom stereocenters. The molecule has 122 heavy (non-hydrogen) atoms. The Morgan fingerprint density at radius 2 is 0.541 bits per heavy atom. The number of carboxylic acid groups (broad SMARTS) is 1. The number of rotatable bonds is 64. The second kappa shape index (κ2) is 61.0. The third-order valence-electron chi connectivity index (χ3n) is 17.7. The predicted octanol–water partition coefficient (Wildman–Crippen LogP) is -12.7. The zero-order chi connectivity index (χ0) is 91.7. The summed E-state index contributed by atoms with van der Waals surface area (Å²) in [6.45, 7) is -2.74. The van der Waals surface area contributed by atoms with Crippen LogP contribution in [0.2, 0.25) is 0 Å². The number of carboxylic acids is 1. The SMILES string of the molecule is N=C(N)NCCC[C@H](NC(=O)CNC(=O)[C@@H](N)Cc1ccc(O)cc1)C(=O)N[C@@H](CCCCN)C(=O)N[C@@H](CCCCN)C(=O)N[C@@H](CCCNC(=N)N)C(=O)N[C@@H](CCCNC(=N)N)C(=O)N[C@@H](CCC(N)=O)C(=O)N[C@@H](CCCNC(=N)N)C(=O)N[C@@H](CCCNC(=N)N)C(=O)N[C@@H](CCCNC(=N)N)C(=O)NCC(=O)NCC(=O)NCC(=O)O. The Bertz CT molecular complexity index is 3650. The molecule has 0 spiro atoms. The van der Waals surface area contributed by atoms with Crippen LogP contribution in [-0.2, 0) is 78.3 Å². The van der Waals surface area contributed by atoms with Gasteiger partial charge in [-0.25, -0.2) is 0 Å². The van der Waals surface area contributed by atoms with Crippen molar-refractivity contribution in [2.24, 2.45) is 57.3 Å². The Hall–Kier alpha value is -13.4. The van der Waals surface area contributed by atoms with Gasteiger partial charge >= 0.3 is 5.97 Å². The summed E-state index contributed by atoms with van der Waals surface area (Å²) >= 11 is 0. The number of amides is 14. The van der Waals surface area contributed by atoms with Crippen molar-refractivity contribution >= 4 is 124 Å². The summed E-state index contributed by atoms with van der Waals surface area (Å²) in [7, 11) is 0. The first-order chi connectivity index (χ1) is 57.7. The average Bonchev–Trinajstić information content (AvgIpc) is 0.723. The number of hydrogen-bond acceptors (Lipinski definition) is 25. The van der Waals surface area contributed by atoms with Gasteiger partial charge in [0.25, 0.3) is 0 Å². The molecule has 0 aromatic heterocycles. The van der Waals surface area contributed by atoms with Gasteiger partial charge in [-0.2, -0.15) is 0 Å².